The molecule has 0 aliphatic heterocycles. The molecule has 7 heteroatoms. The molecule has 1 heterocycles. The Balaban J connectivity index is 2.54. The minimum absolute atomic E-state index is 0.0895. The van der Waals surface area contributed by atoms with E-state index in [2.05, 4.69) is 15.3 Å². The molecule has 0 spiro atoms. The second-order valence-electron chi connectivity index (χ2n) is 3.08. The molecule has 0 atom stereocenters. The van der Waals surface area contributed by atoms with Crippen LogP contribution in [0.25, 0.3) is 0 Å². The minimum Gasteiger partial charge on any atom is -0.367 e. The maximum Gasteiger partial charge on any atom is 0.247 e. The lowest BCUT2D eigenvalue weighted by atomic mass is 10.3. The molecule has 15 heavy (non-hydrogen) atoms. The predicted molar refractivity (Wildman–Crippen MR) is 50.7 cm³/mol. The van der Waals surface area contributed by atoms with Crippen LogP contribution in [0.4, 0.5) is 19.0 Å². The van der Waals surface area contributed by atoms with E-state index < -0.39 is 18.2 Å². The third-order valence-corrected chi connectivity index (χ3v) is 1.75. The van der Waals surface area contributed by atoms with Crippen molar-refractivity contribution >= 4 is 17.4 Å². The van der Waals surface area contributed by atoms with Crippen molar-refractivity contribution in [1.82, 2.24) is 9.97 Å². The van der Waals surface area contributed by atoms with Crippen molar-refractivity contribution in [2.24, 2.45) is 0 Å². The first-order valence-corrected chi connectivity index (χ1v) is 4.56. The zero-order valence-electron chi connectivity index (χ0n) is 7.90. The van der Waals surface area contributed by atoms with Gasteiger partial charge in [-0.2, -0.15) is 4.98 Å². The summed E-state index contributed by atoms with van der Waals surface area (Å²) in [5, 5.41) is 2.28. The molecule has 0 amide bonds. The third kappa shape index (κ3) is 4.33. The molecule has 0 bridgehead atoms. The summed E-state index contributed by atoms with van der Waals surface area (Å²) in [4.78, 5) is 6.90. The van der Waals surface area contributed by atoms with Crippen molar-refractivity contribution < 1.29 is 13.2 Å². The summed E-state index contributed by atoms with van der Waals surface area (Å²) in [6.07, 6.45) is 0.468. The fraction of sp³-hybridized carbons (Fsp3) is 0.500. The second kappa shape index (κ2) is 4.65. The van der Waals surface area contributed by atoms with Gasteiger partial charge >= 0.3 is 0 Å². The van der Waals surface area contributed by atoms with E-state index in [-0.39, 0.29) is 17.6 Å². The van der Waals surface area contributed by atoms with Crippen molar-refractivity contribution in [3.05, 3.63) is 17.3 Å². The van der Waals surface area contributed by atoms with Crippen LogP contribution in [-0.2, 0) is 0 Å². The number of hydrogen-bond acceptors (Lipinski definition) is 3. The first-order valence-electron chi connectivity index (χ1n) is 4.18. The number of aromatic nitrogens is 2. The van der Waals surface area contributed by atoms with E-state index in [0.717, 1.165) is 13.1 Å². The Morgan fingerprint density at radius 1 is 1.53 bits per heavy atom. The highest BCUT2D eigenvalue weighted by atomic mass is 35.5. The Labute approximate surface area is 89.7 Å². The maximum atomic E-state index is 13.0. The molecule has 3 nitrogen and oxygen atoms in total. The largest absolute Gasteiger partial charge is 0.367 e. The molecule has 1 N–H and O–H groups in total. The van der Waals surface area contributed by atoms with Crippen LogP contribution < -0.4 is 5.32 Å². The number of nitrogens with one attached hydrogen (secondary N) is 1. The average Bonchev–Trinajstić information content (AvgIpc) is 2.09. The molecule has 0 unspecified atom stereocenters. The van der Waals surface area contributed by atoms with Crippen molar-refractivity contribution in [2.45, 2.75) is 19.3 Å². The molecule has 1 aromatic rings. The average molecular weight is 240 g/mol. The molecule has 0 saturated heterocycles. The second-order valence-corrected chi connectivity index (χ2v) is 3.42. The fourth-order valence-electron chi connectivity index (χ4n) is 0.870. The zero-order valence-corrected chi connectivity index (χ0v) is 8.65. The lowest BCUT2D eigenvalue weighted by Crippen LogP contribution is -2.17. The fourth-order valence-corrected chi connectivity index (χ4v) is 1.00. The van der Waals surface area contributed by atoms with Gasteiger partial charge in [0.05, 0.1) is 6.20 Å². The van der Waals surface area contributed by atoms with E-state index in [1.54, 1.807) is 0 Å². The predicted octanol–water partition coefficient (Wildman–Crippen LogP) is 2.73. The Bertz CT molecular complexity index is 340. The number of anilines is 1. The third-order valence-electron chi connectivity index (χ3n) is 1.57. The maximum absolute atomic E-state index is 13.0. The van der Waals surface area contributed by atoms with E-state index in [9.17, 15) is 13.2 Å². The molecule has 1 rings (SSSR count). The summed E-state index contributed by atoms with van der Waals surface area (Å²) in [6.45, 7) is 0.700. The van der Waals surface area contributed by atoms with E-state index in [1.807, 2.05) is 0 Å². The Hall–Kier alpha value is -1.04. The molecule has 0 saturated carbocycles. The lowest BCUT2D eigenvalue weighted by Gasteiger charge is -2.11. The van der Waals surface area contributed by atoms with Crippen molar-refractivity contribution in [3.8, 4) is 0 Å². The number of nitrogens with zero attached hydrogens (tertiary/aromatic N) is 2. The highest BCUT2D eigenvalue weighted by Crippen LogP contribution is 2.17. The van der Waals surface area contributed by atoms with Crippen LogP contribution in [0, 0.1) is 5.82 Å². The monoisotopic (exact) mass is 239 g/mol. The van der Waals surface area contributed by atoms with E-state index in [4.69, 9.17) is 11.6 Å². The lowest BCUT2D eigenvalue weighted by molar-refractivity contribution is 0.0166. The Kier molecular flexibility index (Phi) is 3.73. The number of halogens is 4. The quantitative estimate of drug-likeness (QED) is 0.821. The van der Waals surface area contributed by atoms with Crippen molar-refractivity contribution in [2.75, 3.05) is 11.9 Å². The summed E-state index contributed by atoms with van der Waals surface area (Å²) in [7, 11) is 0. The van der Waals surface area contributed by atoms with Gasteiger partial charge in [0, 0.05) is 13.0 Å². The standard InChI is InChI=1S/C8H9ClF3N3/c1-8(11,12)2-3-13-6-5(10)4-14-7(9)15-6/h4H,2-3H2,1H3,(H,13,14,15). The van der Waals surface area contributed by atoms with E-state index >= 15 is 0 Å². The van der Waals surface area contributed by atoms with Crippen LogP contribution in [0.2, 0.25) is 5.28 Å². The van der Waals surface area contributed by atoms with Crippen LogP contribution in [-0.4, -0.2) is 22.4 Å². The van der Waals surface area contributed by atoms with Gasteiger partial charge in [-0.15, -0.1) is 0 Å². The first-order chi connectivity index (χ1) is 6.88. The summed E-state index contributed by atoms with van der Waals surface area (Å²) in [5.74, 6) is -3.68. The molecule has 0 aliphatic rings. The molecule has 0 radical (unpaired) electrons. The molecule has 0 fully saturated rings. The van der Waals surface area contributed by atoms with Crippen LogP contribution in [0.3, 0.4) is 0 Å². The van der Waals surface area contributed by atoms with Gasteiger partial charge in [-0.25, -0.2) is 18.2 Å². The SMILES string of the molecule is CC(F)(F)CCNc1nc(Cl)ncc1F. The summed E-state index contributed by atoms with van der Waals surface area (Å²) in [5.41, 5.74) is 0. The van der Waals surface area contributed by atoms with Gasteiger partial charge in [0.2, 0.25) is 11.2 Å². The van der Waals surface area contributed by atoms with Gasteiger partial charge in [-0.1, -0.05) is 0 Å². The highest BCUT2D eigenvalue weighted by Gasteiger charge is 2.20. The first kappa shape index (κ1) is 12.0. The van der Waals surface area contributed by atoms with Gasteiger partial charge in [0.25, 0.3) is 0 Å². The number of alkyl halides is 2. The van der Waals surface area contributed by atoms with E-state index in [0.29, 0.717) is 0 Å². The van der Waals surface area contributed by atoms with Gasteiger partial charge in [0.1, 0.15) is 0 Å². The smallest absolute Gasteiger partial charge is 0.247 e. The molecule has 0 aromatic carbocycles. The van der Waals surface area contributed by atoms with Gasteiger partial charge in [-0.05, 0) is 18.5 Å². The molecular formula is C8H9ClF3N3. The van der Waals surface area contributed by atoms with Gasteiger partial charge in [-0.3, -0.25) is 0 Å². The van der Waals surface area contributed by atoms with Crippen LogP contribution in [0.5, 0.6) is 0 Å². The van der Waals surface area contributed by atoms with E-state index in [1.165, 1.54) is 0 Å². The molecular weight excluding hydrogens is 231 g/mol. The Morgan fingerprint density at radius 3 is 2.80 bits per heavy atom. The highest BCUT2D eigenvalue weighted by molar-refractivity contribution is 6.28. The van der Waals surface area contributed by atoms with Crippen LogP contribution in [0.1, 0.15) is 13.3 Å². The molecule has 84 valence electrons. The summed E-state index contributed by atoms with van der Waals surface area (Å²) in [6, 6.07) is 0. The van der Waals surface area contributed by atoms with Crippen molar-refractivity contribution in [3.63, 3.8) is 0 Å². The van der Waals surface area contributed by atoms with Crippen LogP contribution in [0.15, 0.2) is 6.20 Å². The zero-order chi connectivity index (χ0) is 11.5. The van der Waals surface area contributed by atoms with Crippen LogP contribution >= 0.6 is 11.6 Å². The Morgan fingerprint density at radius 2 is 2.20 bits per heavy atom. The summed E-state index contributed by atoms with van der Waals surface area (Å²) >= 11 is 5.41. The number of rotatable bonds is 4. The minimum atomic E-state index is -2.79. The normalized spacial score (nSPS) is 11.5. The molecule has 1 aromatic heterocycles. The molecule has 0 aliphatic carbocycles. The summed E-state index contributed by atoms with van der Waals surface area (Å²) < 4.78 is 37.8. The van der Waals surface area contributed by atoms with Gasteiger partial charge in [0.15, 0.2) is 11.6 Å². The van der Waals surface area contributed by atoms with Crippen molar-refractivity contribution in [1.29, 1.82) is 0 Å². The van der Waals surface area contributed by atoms with Gasteiger partial charge < -0.3 is 5.32 Å². The topological polar surface area (TPSA) is 37.8 Å². The number of hydrogen-bond donors (Lipinski definition) is 1.